The van der Waals surface area contributed by atoms with E-state index in [1.54, 1.807) is 7.11 Å². The Kier molecular flexibility index (Phi) is 5.49. The summed E-state index contributed by atoms with van der Waals surface area (Å²) in [7, 11) is 1.71. The molecule has 1 aromatic rings. The van der Waals surface area contributed by atoms with E-state index in [1.807, 2.05) is 11.4 Å². The fraction of sp³-hybridized carbons (Fsp3) is 0.583. The SMILES string of the molecule is COCCN(CC(C)C)c1csc(C=O)c1. The van der Waals surface area contributed by atoms with E-state index in [9.17, 15) is 4.79 Å². The molecule has 0 spiro atoms. The Morgan fingerprint density at radius 2 is 2.31 bits per heavy atom. The van der Waals surface area contributed by atoms with Gasteiger partial charge in [0.15, 0.2) is 6.29 Å². The average molecular weight is 241 g/mol. The van der Waals surface area contributed by atoms with Crippen molar-refractivity contribution in [2.24, 2.45) is 5.92 Å². The smallest absolute Gasteiger partial charge is 0.160 e. The first-order valence-electron chi connectivity index (χ1n) is 5.45. The highest BCUT2D eigenvalue weighted by molar-refractivity contribution is 7.12. The number of aldehydes is 1. The first-order chi connectivity index (χ1) is 7.67. The van der Waals surface area contributed by atoms with Gasteiger partial charge in [-0.05, 0) is 12.0 Å². The molecule has 0 bridgehead atoms. The molecule has 0 unspecified atom stereocenters. The van der Waals surface area contributed by atoms with Crippen LogP contribution in [0.4, 0.5) is 5.69 Å². The molecule has 90 valence electrons. The first kappa shape index (κ1) is 13.2. The van der Waals surface area contributed by atoms with Gasteiger partial charge >= 0.3 is 0 Å². The van der Waals surface area contributed by atoms with Gasteiger partial charge < -0.3 is 9.64 Å². The molecule has 1 rings (SSSR count). The molecule has 1 heterocycles. The highest BCUT2D eigenvalue weighted by Crippen LogP contribution is 2.22. The van der Waals surface area contributed by atoms with Crippen LogP contribution < -0.4 is 4.90 Å². The quantitative estimate of drug-likeness (QED) is 0.687. The minimum atomic E-state index is 0.594. The van der Waals surface area contributed by atoms with Gasteiger partial charge in [-0.15, -0.1) is 11.3 Å². The number of methoxy groups -OCH3 is 1. The fourth-order valence-corrected chi connectivity index (χ4v) is 2.26. The van der Waals surface area contributed by atoms with Gasteiger partial charge in [0.25, 0.3) is 0 Å². The number of hydrogen-bond donors (Lipinski definition) is 0. The number of thiophene rings is 1. The summed E-state index contributed by atoms with van der Waals surface area (Å²) in [6.07, 6.45) is 0.901. The maximum absolute atomic E-state index is 10.6. The van der Waals surface area contributed by atoms with Gasteiger partial charge in [0.05, 0.1) is 11.5 Å². The van der Waals surface area contributed by atoms with Crippen molar-refractivity contribution >= 4 is 23.3 Å². The maximum atomic E-state index is 10.6. The van der Waals surface area contributed by atoms with Crippen LogP contribution in [-0.4, -0.2) is 33.1 Å². The van der Waals surface area contributed by atoms with Crippen molar-refractivity contribution in [3.63, 3.8) is 0 Å². The van der Waals surface area contributed by atoms with Crippen LogP contribution in [0.15, 0.2) is 11.4 Å². The third kappa shape index (κ3) is 3.94. The number of rotatable bonds is 7. The molecule has 0 N–H and O–H groups in total. The minimum Gasteiger partial charge on any atom is -0.383 e. The number of anilines is 1. The summed E-state index contributed by atoms with van der Waals surface area (Å²) >= 11 is 1.49. The third-order valence-electron chi connectivity index (χ3n) is 2.24. The Bertz CT molecular complexity index is 323. The Morgan fingerprint density at radius 3 is 2.81 bits per heavy atom. The van der Waals surface area contributed by atoms with Crippen LogP contribution in [0.1, 0.15) is 23.5 Å². The molecule has 0 amide bonds. The summed E-state index contributed by atoms with van der Waals surface area (Å²) in [5.41, 5.74) is 1.12. The van der Waals surface area contributed by atoms with Crippen LogP contribution in [0.2, 0.25) is 0 Å². The summed E-state index contributed by atoms with van der Waals surface area (Å²) in [5, 5.41) is 2.03. The van der Waals surface area contributed by atoms with Crippen LogP contribution in [0.5, 0.6) is 0 Å². The molecule has 16 heavy (non-hydrogen) atoms. The van der Waals surface area contributed by atoms with E-state index in [2.05, 4.69) is 18.7 Å². The topological polar surface area (TPSA) is 29.5 Å². The first-order valence-corrected chi connectivity index (χ1v) is 6.33. The standard InChI is InChI=1S/C12H19NO2S/c1-10(2)7-13(4-5-15-3)11-6-12(8-14)16-9-11/h6,8-10H,4-5,7H2,1-3H3. The molecule has 0 aliphatic heterocycles. The Balaban J connectivity index is 2.69. The van der Waals surface area contributed by atoms with Gasteiger partial charge in [0.1, 0.15) is 0 Å². The number of hydrogen-bond acceptors (Lipinski definition) is 4. The number of carbonyl (C=O) groups is 1. The van der Waals surface area contributed by atoms with Crippen molar-refractivity contribution in [1.82, 2.24) is 0 Å². The van der Waals surface area contributed by atoms with Gasteiger partial charge in [0.2, 0.25) is 0 Å². The lowest BCUT2D eigenvalue weighted by atomic mass is 10.2. The lowest BCUT2D eigenvalue weighted by Crippen LogP contribution is -2.30. The molecule has 3 nitrogen and oxygen atoms in total. The van der Waals surface area contributed by atoms with Crippen LogP contribution >= 0.6 is 11.3 Å². The number of ether oxygens (including phenoxy) is 1. The summed E-state index contributed by atoms with van der Waals surface area (Å²) < 4.78 is 5.10. The fourth-order valence-electron chi connectivity index (χ4n) is 1.54. The van der Waals surface area contributed by atoms with E-state index in [4.69, 9.17) is 4.74 Å². The van der Waals surface area contributed by atoms with Gasteiger partial charge in [-0.25, -0.2) is 0 Å². The van der Waals surface area contributed by atoms with Crippen molar-refractivity contribution in [2.75, 3.05) is 31.7 Å². The lowest BCUT2D eigenvalue weighted by molar-refractivity contribution is 0.112. The van der Waals surface area contributed by atoms with Crippen LogP contribution in [-0.2, 0) is 4.74 Å². The van der Waals surface area contributed by atoms with E-state index in [0.717, 1.165) is 29.9 Å². The second-order valence-corrected chi connectivity index (χ2v) is 5.10. The van der Waals surface area contributed by atoms with Crippen LogP contribution in [0.3, 0.4) is 0 Å². The molecule has 1 aromatic heterocycles. The average Bonchev–Trinajstić information content (AvgIpc) is 2.72. The second kappa shape index (κ2) is 6.66. The molecular weight excluding hydrogens is 222 g/mol. The van der Waals surface area contributed by atoms with Crippen molar-refractivity contribution in [3.8, 4) is 0 Å². The highest BCUT2D eigenvalue weighted by atomic mass is 32.1. The lowest BCUT2D eigenvalue weighted by Gasteiger charge is -2.25. The van der Waals surface area contributed by atoms with Gasteiger partial charge in [0, 0.05) is 31.3 Å². The van der Waals surface area contributed by atoms with E-state index in [1.165, 1.54) is 11.3 Å². The molecule has 0 fully saturated rings. The third-order valence-corrected chi connectivity index (χ3v) is 3.08. The van der Waals surface area contributed by atoms with Gasteiger partial charge in [-0.2, -0.15) is 0 Å². The van der Waals surface area contributed by atoms with Gasteiger partial charge in [-0.3, -0.25) is 4.79 Å². The Labute approximate surface area is 101 Å². The van der Waals surface area contributed by atoms with Crippen molar-refractivity contribution in [1.29, 1.82) is 0 Å². The predicted octanol–water partition coefficient (Wildman–Crippen LogP) is 2.67. The van der Waals surface area contributed by atoms with Crippen LogP contribution in [0.25, 0.3) is 0 Å². The zero-order chi connectivity index (χ0) is 12.0. The Morgan fingerprint density at radius 1 is 1.56 bits per heavy atom. The molecule has 0 saturated carbocycles. The van der Waals surface area contributed by atoms with Crippen molar-refractivity contribution in [2.45, 2.75) is 13.8 Å². The molecule has 0 atom stereocenters. The van der Waals surface area contributed by atoms with Gasteiger partial charge in [-0.1, -0.05) is 13.8 Å². The maximum Gasteiger partial charge on any atom is 0.160 e. The molecule has 0 aromatic carbocycles. The largest absolute Gasteiger partial charge is 0.383 e. The second-order valence-electron chi connectivity index (χ2n) is 4.16. The molecule has 0 aliphatic carbocycles. The summed E-state index contributed by atoms with van der Waals surface area (Å²) in [6, 6.07) is 1.94. The van der Waals surface area contributed by atoms with Crippen molar-refractivity contribution < 1.29 is 9.53 Å². The Hall–Kier alpha value is -0.870. The number of nitrogens with zero attached hydrogens (tertiary/aromatic N) is 1. The molecule has 0 aliphatic rings. The van der Waals surface area contributed by atoms with Crippen molar-refractivity contribution in [3.05, 3.63) is 16.3 Å². The summed E-state index contributed by atoms with van der Waals surface area (Å²) in [4.78, 5) is 13.7. The molecule has 0 radical (unpaired) electrons. The van der Waals surface area contributed by atoms with E-state index < -0.39 is 0 Å². The zero-order valence-electron chi connectivity index (χ0n) is 10.1. The molecule has 4 heteroatoms. The monoisotopic (exact) mass is 241 g/mol. The van der Waals surface area contributed by atoms with E-state index >= 15 is 0 Å². The highest BCUT2D eigenvalue weighted by Gasteiger charge is 2.10. The normalized spacial score (nSPS) is 10.8. The van der Waals surface area contributed by atoms with E-state index in [-0.39, 0.29) is 0 Å². The summed E-state index contributed by atoms with van der Waals surface area (Å²) in [6.45, 7) is 6.93. The summed E-state index contributed by atoms with van der Waals surface area (Å²) in [5.74, 6) is 0.594. The molecular formula is C12H19NO2S. The minimum absolute atomic E-state index is 0.594. The zero-order valence-corrected chi connectivity index (χ0v) is 10.9. The predicted molar refractivity (Wildman–Crippen MR) is 68.6 cm³/mol. The van der Waals surface area contributed by atoms with E-state index in [0.29, 0.717) is 12.5 Å². The van der Waals surface area contributed by atoms with Crippen LogP contribution in [0, 0.1) is 5.92 Å². The number of carbonyl (C=O) groups excluding carboxylic acids is 1. The molecule has 0 saturated heterocycles.